The second-order valence-electron chi connectivity index (χ2n) is 6.60. The van der Waals surface area contributed by atoms with Gasteiger partial charge >= 0.3 is 5.91 Å². The summed E-state index contributed by atoms with van der Waals surface area (Å²) in [5.74, 6) is -1.65. The smallest absolute Gasteiger partial charge is 0.347 e. The molecule has 0 spiro atoms. The molecule has 3 amide bonds. The molecule has 8 nitrogen and oxygen atoms in total. The number of piperidine rings is 1. The van der Waals surface area contributed by atoms with Gasteiger partial charge in [-0.3, -0.25) is 19.6 Å². The normalized spacial score (nSPS) is 29.9. The van der Waals surface area contributed by atoms with E-state index in [1.54, 1.807) is 12.1 Å². The first kappa shape index (κ1) is 15.3. The number of hydroxylamine groups is 3. The van der Waals surface area contributed by atoms with Crippen LogP contribution in [0, 0.1) is 5.21 Å². The summed E-state index contributed by atoms with van der Waals surface area (Å²) in [6.45, 7) is 1.70. The third kappa shape index (κ3) is 2.31. The summed E-state index contributed by atoms with van der Waals surface area (Å²) in [7, 11) is 0. The fraction of sp³-hybridized carbons (Fsp3) is 0.438. The SMILES string of the molecule is O=C1CCC([N+]2([O-])Cc3cc(NC4CNC4)ccc3C2=O)C(=O)N1. The predicted octanol–water partition coefficient (Wildman–Crippen LogP) is -0.156. The first-order chi connectivity index (χ1) is 11.5. The highest BCUT2D eigenvalue weighted by Crippen LogP contribution is 2.35. The van der Waals surface area contributed by atoms with E-state index in [4.69, 9.17) is 0 Å². The minimum atomic E-state index is -1.23. The molecular weight excluding hydrogens is 312 g/mol. The topological polar surface area (TPSA) is 110 Å². The minimum Gasteiger partial charge on any atom is -0.624 e. The molecule has 3 heterocycles. The zero-order chi connectivity index (χ0) is 16.9. The number of carbonyl (C=O) groups excluding carboxylic acids is 3. The second kappa shape index (κ2) is 5.37. The van der Waals surface area contributed by atoms with Gasteiger partial charge in [0.1, 0.15) is 6.54 Å². The van der Waals surface area contributed by atoms with E-state index < -0.39 is 28.4 Å². The number of fused-ring (bicyclic) bond motifs is 1. The van der Waals surface area contributed by atoms with Crippen LogP contribution in [0.1, 0.15) is 28.8 Å². The molecule has 2 atom stereocenters. The standard InChI is InChI=1S/C16H18N4O4/c21-14-4-3-13(15(22)19-14)20(24)8-9-5-10(18-11-6-17-7-11)1-2-12(9)16(20)23/h1-2,5,11,13,17-18H,3-4,6-8H2,(H,19,21,22). The van der Waals surface area contributed by atoms with Crippen LogP contribution in [0.5, 0.6) is 0 Å². The van der Waals surface area contributed by atoms with Gasteiger partial charge in [-0.05, 0) is 18.2 Å². The molecule has 2 fully saturated rings. The number of benzene rings is 1. The maximum Gasteiger partial charge on any atom is 0.347 e. The van der Waals surface area contributed by atoms with Gasteiger partial charge in [0.2, 0.25) is 5.91 Å². The molecule has 0 aliphatic carbocycles. The lowest BCUT2D eigenvalue weighted by Crippen LogP contribution is -2.60. The Hall–Kier alpha value is -2.29. The number of quaternary nitrogens is 1. The maximum absolute atomic E-state index is 13.1. The van der Waals surface area contributed by atoms with E-state index in [2.05, 4.69) is 16.0 Å². The summed E-state index contributed by atoms with van der Waals surface area (Å²) >= 11 is 0. The Bertz CT molecular complexity index is 746. The maximum atomic E-state index is 13.1. The highest BCUT2D eigenvalue weighted by atomic mass is 16.6. The summed E-state index contributed by atoms with van der Waals surface area (Å²) in [5, 5.41) is 21.8. The lowest BCUT2D eigenvalue weighted by Gasteiger charge is -2.42. The van der Waals surface area contributed by atoms with E-state index in [1.165, 1.54) is 0 Å². The molecule has 3 aliphatic rings. The van der Waals surface area contributed by atoms with Crippen LogP contribution in [0.25, 0.3) is 0 Å². The third-order valence-corrected chi connectivity index (χ3v) is 4.95. The Balaban J connectivity index is 1.59. The molecular formula is C16H18N4O4. The molecule has 24 heavy (non-hydrogen) atoms. The summed E-state index contributed by atoms with van der Waals surface area (Å²) in [5.41, 5.74) is 1.88. The van der Waals surface area contributed by atoms with Gasteiger partial charge < -0.3 is 15.8 Å². The van der Waals surface area contributed by atoms with Gasteiger partial charge in [0.05, 0.1) is 11.6 Å². The molecule has 0 saturated carbocycles. The fourth-order valence-corrected chi connectivity index (χ4v) is 3.51. The lowest BCUT2D eigenvalue weighted by molar-refractivity contribution is -0.825. The number of imide groups is 1. The zero-order valence-corrected chi connectivity index (χ0v) is 13.0. The molecule has 1 aromatic rings. The molecule has 0 radical (unpaired) electrons. The number of nitrogens with one attached hydrogen (secondary N) is 3. The van der Waals surface area contributed by atoms with Gasteiger partial charge in [0.15, 0.2) is 6.04 Å². The molecule has 2 saturated heterocycles. The molecule has 4 rings (SSSR count). The summed E-state index contributed by atoms with van der Waals surface area (Å²) in [4.78, 5) is 35.9. The van der Waals surface area contributed by atoms with Crippen LogP contribution in [-0.4, -0.2) is 47.5 Å². The Morgan fingerprint density at radius 1 is 1.21 bits per heavy atom. The average Bonchev–Trinajstić information content (AvgIpc) is 2.75. The van der Waals surface area contributed by atoms with E-state index in [0.717, 1.165) is 18.8 Å². The largest absolute Gasteiger partial charge is 0.624 e. The molecule has 1 aromatic carbocycles. The van der Waals surface area contributed by atoms with Crippen molar-refractivity contribution in [3.63, 3.8) is 0 Å². The number of rotatable bonds is 3. The highest BCUT2D eigenvalue weighted by molar-refractivity contribution is 6.02. The van der Waals surface area contributed by atoms with Crippen LogP contribution < -0.4 is 16.0 Å². The minimum absolute atomic E-state index is 0.0706. The van der Waals surface area contributed by atoms with Gasteiger partial charge in [0, 0.05) is 37.2 Å². The molecule has 3 aliphatic heterocycles. The Kier molecular flexibility index (Phi) is 3.41. The van der Waals surface area contributed by atoms with E-state index in [9.17, 15) is 19.6 Å². The number of nitrogens with zero attached hydrogens (tertiary/aromatic N) is 1. The van der Waals surface area contributed by atoms with E-state index in [-0.39, 0.29) is 19.4 Å². The van der Waals surface area contributed by atoms with Crippen LogP contribution in [0.3, 0.4) is 0 Å². The van der Waals surface area contributed by atoms with Crippen molar-refractivity contribution < 1.29 is 19.0 Å². The highest BCUT2D eigenvalue weighted by Gasteiger charge is 2.49. The molecule has 126 valence electrons. The van der Waals surface area contributed by atoms with Crippen molar-refractivity contribution in [2.75, 3.05) is 18.4 Å². The zero-order valence-electron chi connectivity index (χ0n) is 13.0. The Morgan fingerprint density at radius 2 is 2.00 bits per heavy atom. The van der Waals surface area contributed by atoms with E-state index in [1.807, 2.05) is 6.07 Å². The van der Waals surface area contributed by atoms with Crippen LogP contribution in [0.2, 0.25) is 0 Å². The van der Waals surface area contributed by atoms with E-state index >= 15 is 0 Å². The first-order valence-electron chi connectivity index (χ1n) is 8.05. The van der Waals surface area contributed by atoms with Crippen molar-refractivity contribution in [3.8, 4) is 0 Å². The van der Waals surface area contributed by atoms with Crippen molar-refractivity contribution in [2.24, 2.45) is 0 Å². The van der Waals surface area contributed by atoms with Gasteiger partial charge in [-0.1, -0.05) is 0 Å². The van der Waals surface area contributed by atoms with Crippen molar-refractivity contribution in [1.29, 1.82) is 0 Å². The number of hydrogen-bond acceptors (Lipinski definition) is 6. The molecule has 3 N–H and O–H groups in total. The average molecular weight is 330 g/mol. The van der Waals surface area contributed by atoms with Crippen LogP contribution >= 0.6 is 0 Å². The fourth-order valence-electron chi connectivity index (χ4n) is 3.51. The number of amides is 3. The van der Waals surface area contributed by atoms with Crippen molar-refractivity contribution in [3.05, 3.63) is 34.5 Å². The Labute approximate surface area is 138 Å². The number of hydrogen-bond donors (Lipinski definition) is 3. The van der Waals surface area contributed by atoms with Crippen molar-refractivity contribution in [2.45, 2.75) is 31.5 Å². The first-order valence-corrected chi connectivity index (χ1v) is 8.05. The number of carbonyl (C=O) groups is 3. The van der Waals surface area contributed by atoms with Gasteiger partial charge in [-0.25, -0.2) is 4.79 Å². The summed E-state index contributed by atoms with van der Waals surface area (Å²) in [6.07, 6.45) is 0.191. The molecule has 0 aromatic heterocycles. The predicted molar refractivity (Wildman–Crippen MR) is 84.6 cm³/mol. The van der Waals surface area contributed by atoms with Gasteiger partial charge in [0.25, 0.3) is 5.91 Å². The molecule has 8 heteroatoms. The third-order valence-electron chi connectivity index (χ3n) is 4.95. The summed E-state index contributed by atoms with van der Waals surface area (Å²) < 4.78 is -1.23. The molecule has 0 bridgehead atoms. The molecule has 2 unspecified atom stereocenters. The second-order valence-corrected chi connectivity index (χ2v) is 6.60. The van der Waals surface area contributed by atoms with Crippen LogP contribution in [-0.2, 0) is 16.1 Å². The van der Waals surface area contributed by atoms with Gasteiger partial charge in [-0.2, -0.15) is 0 Å². The number of anilines is 1. The van der Waals surface area contributed by atoms with Crippen molar-refractivity contribution in [1.82, 2.24) is 10.6 Å². The Morgan fingerprint density at radius 3 is 2.67 bits per heavy atom. The van der Waals surface area contributed by atoms with Crippen LogP contribution in [0.4, 0.5) is 5.69 Å². The monoisotopic (exact) mass is 330 g/mol. The quantitative estimate of drug-likeness (QED) is 0.404. The summed E-state index contributed by atoms with van der Waals surface area (Å²) in [6, 6.07) is 4.54. The van der Waals surface area contributed by atoms with Crippen LogP contribution in [0.15, 0.2) is 18.2 Å². The van der Waals surface area contributed by atoms with Gasteiger partial charge in [-0.15, -0.1) is 0 Å². The van der Waals surface area contributed by atoms with Crippen molar-refractivity contribution >= 4 is 23.4 Å². The van der Waals surface area contributed by atoms with E-state index in [0.29, 0.717) is 17.2 Å². The lowest BCUT2D eigenvalue weighted by atomic mass is 10.0.